The lowest BCUT2D eigenvalue weighted by molar-refractivity contribution is -0.137. The highest BCUT2D eigenvalue weighted by Gasteiger charge is 2.41. The van der Waals surface area contributed by atoms with Gasteiger partial charge in [0.05, 0.1) is 34.1 Å². The van der Waals surface area contributed by atoms with Crippen LogP contribution in [0.15, 0.2) is 53.2 Å². The summed E-state index contributed by atoms with van der Waals surface area (Å²) in [5.41, 5.74) is -1.81. The minimum atomic E-state index is -4.72. The van der Waals surface area contributed by atoms with E-state index in [9.17, 15) is 27.6 Å². The number of nitrogens with one attached hydrogen (secondary N) is 1. The van der Waals surface area contributed by atoms with E-state index in [0.717, 1.165) is 12.1 Å². The van der Waals surface area contributed by atoms with Gasteiger partial charge in [0.25, 0.3) is 11.8 Å². The Hall–Kier alpha value is -3.04. The summed E-state index contributed by atoms with van der Waals surface area (Å²) in [6.45, 7) is 1.72. The first kappa shape index (κ1) is 22.6. The van der Waals surface area contributed by atoms with Crippen molar-refractivity contribution >= 4 is 52.4 Å². The Kier molecular flexibility index (Phi) is 6.28. The molecule has 11 heteroatoms. The SMILES string of the molecule is CCOC(=O)c1ccccc1NC1=C(Cl)C(=O)N(c2cc(C(F)(F)F)ccc2Cl)C1=O. The van der Waals surface area contributed by atoms with Crippen molar-refractivity contribution in [2.45, 2.75) is 13.1 Å². The number of carbonyl (C=O) groups excluding carboxylic acids is 3. The lowest BCUT2D eigenvalue weighted by Gasteiger charge is -2.18. The third-order valence-electron chi connectivity index (χ3n) is 4.22. The summed E-state index contributed by atoms with van der Waals surface area (Å²) in [4.78, 5) is 38.1. The van der Waals surface area contributed by atoms with Crippen molar-refractivity contribution < 1.29 is 32.3 Å². The van der Waals surface area contributed by atoms with Crippen molar-refractivity contribution in [3.63, 3.8) is 0 Å². The summed E-state index contributed by atoms with van der Waals surface area (Å²) < 4.78 is 44.2. The van der Waals surface area contributed by atoms with Crippen LogP contribution in [0.25, 0.3) is 0 Å². The van der Waals surface area contributed by atoms with Gasteiger partial charge in [0, 0.05) is 0 Å². The molecular weight excluding hydrogens is 460 g/mol. The first-order valence-electron chi connectivity index (χ1n) is 8.74. The Morgan fingerprint density at radius 1 is 1.10 bits per heavy atom. The first-order chi connectivity index (χ1) is 14.6. The zero-order chi connectivity index (χ0) is 22.9. The molecule has 1 aliphatic heterocycles. The van der Waals surface area contributed by atoms with Gasteiger partial charge in [-0.2, -0.15) is 13.2 Å². The zero-order valence-corrected chi connectivity index (χ0v) is 17.2. The highest BCUT2D eigenvalue weighted by Crippen LogP contribution is 2.39. The number of hydrogen-bond acceptors (Lipinski definition) is 5. The molecule has 2 aromatic rings. The number of esters is 1. The van der Waals surface area contributed by atoms with Gasteiger partial charge in [0.15, 0.2) is 0 Å². The molecule has 0 fully saturated rings. The molecule has 0 radical (unpaired) electrons. The van der Waals surface area contributed by atoms with Crippen LogP contribution in [0, 0.1) is 0 Å². The number of amides is 2. The quantitative estimate of drug-likeness (QED) is 0.490. The van der Waals surface area contributed by atoms with E-state index in [2.05, 4.69) is 5.32 Å². The van der Waals surface area contributed by atoms with Crippen LogP contribution in [-0.2, 0) is 20.5 Å². The second kappa shape index (κ2) is 8.60. The number of anilines is 2. The lowest BCUT2D eigenvalue weighted by atomic mass is 10.1. The normalized spacial score (nSPS) is 14.3. The van der Waals surface area contributed by atoms with E-state index in [0.29, 0.717) is 11.0 Å². The average Bonchev–Trinajstić information content (AvgIpc) is 2.91. The second-order valence-electron chi connectivity index (χ2n) is 6.19. The molecule has 3 rings (SSSR count). The number of benzene rings is 2. The maximum atomic E-state index is 13.1. The van der Waals surface area contributed by atoms with Gasteiger partial charge in [-0.15, -0.1) is 0 Å². The van der Waals surface area contributed by atoms with E-state index in [4.69, 9.17) is 27.9 Å². The van der Waals surface area contributed by atoms with Crippen LogP contribution in [0.3, 0.4) is 0 Å². The molecule has 0 atom stereocenters. The molecule has 0 saturated heterocycles. The number of para-hydroxylation sites is 1. The molecule has 2 amide bonds. The predicted molar refractivity (Wildman–Crippen MR) is 108 cm³/mol. The molecule has 162 valence electrons. The molecule has 0 unspecified atom stereocenters. The topological polar surface area (TPSA) is 75.7 Å². The van der Waals surface area contributed by atoms with E-state index in [1.807, 2.05) is 0 Å². The molecule has 1 N–H and O–H groups in total. The Morgan fingerprint density at radius 2 is 1.77 bits per heavy atom. The Bertz CT molecular complexity index is 1120. The predicted octanol–water partition coefficient (Wildman–Crippen LogP) is 4.97. The Morgan fingerprint density at radius 3 is 2.42 bits per heavy atom. The third-order valence-corrected chi connectivity index (χ3v) is 4.89. The fraction of sp³-hybridized carbons (Fsp3) is 0.150. The fourth-order valence-electron chi connectivity index (χ4n) is 2.80. The maximum Gasteiger partial charge on any atom is 0.416 e. The van der Waals surface area contributed by atoms with Gasteiger partial charge in [-0.3, -0.25) is 9.59 Å². The van der Waals surface area contributed by atoms with Crippen LogP contribution in [0.2, 0.25) is 5.02 Å². The molecule has 0 saturated carbocycles. The smallest absolute Gasteiger partial charge is 0.416 e. The minimum absolute atomic E-state index is 0.0668. The van der Waals surface area contributed by atoms with Crippen molar-refractivity contribution in [1.29, 1.82) is 0 Å². The molecule has 0 aromatic heterocycles. The van der Waals surface area contributed by atoms with Gasteiger partial charge < -0.3 is 10.1 Å². The number of alkyl halides is 3. The summed E-state index contributed by atoms with van der Waals surface area (Å²) in [6.07, 6.45) is -4.72. The van der Waals surface area contributed by atoms with Crippen molar-refractivity contribution in [3.8, 4) is 0 Å². The minimum Gasteiger partial charge on any atom is -0.462 e. The Labute approximate surface area is 184 Å². The monoisotopic (exact) mass is 472 g/mol. The van der Waals surface area contributed by atoms with Gasteiger partial charge >= 0.3 is 12.1 Å². The summed E-state index contributed by atoms with van der Waals surface area (Å²) in [7, 11) is 0. The second-order valence-corrected chi connectivity index (χ2v) is 6.97. The number of ether oxygens (including phenoxy) is 1. The van der Waals surface area contributed by atoms with Crippen LogP contribution in [0.1, 0.15) is 22.8 Å². The van der Waals surface area contributed by atoms with Crippen LogP contribution >= 0.6 is 23.2 Å². The average molecular weight is 473 g/mol. The largest absolute Gasteiger partial charge is 0.462 e. The molecule has 1 heterocycles. The van der Waals surface area contributed by atoms with Crippen LogP contribution < -0.4 is 10.2 Å². The maximum absolute atomic E-state index is 13.1. The lowest BCUT2D eigenvalue weighted by Crippen LogP contribution is -2.33. The molecular formula is C20H13Cl2F3N2O4. The van der Waals surface area contributed by atoms with Gasteiger partial charge in [0.1, 0.15) is 10.7 Å². The summed E-state index contributed by atoms with van der Waals surface area (Å²) >= 11 is 12.0. The van der Waals surface area contributed by atoms with Gasteiger partial charge in [-0.05, 0) is 37.3 Å². The molecule has 6 nitrogen and oxygen atoms in total. The number of imide groups is 1. The van der Waals surface area contributed by atoms with E-state index in [1.54, 1.807) is 19.1 Å². The summed E-state index contributed by atoms with van der Waals surface area (Å²) in [5, 5.41) is 1.78. The highest BCUT2D eigenvalue weighted by molar-refractivity contribution is 6.53. The summed E-state index contributed by atoms with van der Waals surface area (Å²) in [5.74, 6) is -2.78. The van der Waals surface area contributed by atoms with Gasteiger partial charge in [0.2, 0.25) is 0 Å². The highest BCUT2D eigenvalue weighted by atomic mass is 35.5. The van der Waals surface area contributed by atoms with Gasteiger partial charge in [-0.1, -0.05) is 35.3 Å². The number of halogens is 5. The van der Waals surface area contributed by atoms with Crippen LogP contribution in [0.5, 0.6) is 0 Å². The Balaban J connectivity index is 1.98. The number of rotatable bonds is 5. The van der Waals surface area contributed by atoms with Crippen molar-refractivity contribution in [3.05, 3.63) is 69.3 Å². The van der Waals surface area contributed by atoms with Crippen LogP contribution in [0.4, 0.5) is 24.5 Å². The van der Waals surface area contributed by atoms with E-state index >= 15 is 0 Å². The molecule has 0 spiro atoms. The fourth-order valence-corrected chi connectivity index (χ4v) is 3.22. The van der Waals surface area contributed by atoms with E-state index in [-0.39, 0.29) is 22.9 Å². The third kappa shape index (κ3) is 4.38. The number of nitrogens with zero attached hydrogens (tertiary/aromatic N) is 1. The first-order valence-corrected chi connectivity index (χ1v) is 9.50. The standard InChI is InChI=1S/C20H13Cl2F3N2O4/c1-2-31-19(30)11-5-3-4-6-13(11)26-16-15(22)17(28)27(18(16)29)14-9-10(20(23,24)25)7-8-12(14)21/h3-9,26H,2H2,1H3. The number of carbonyl (C=O) groups is 3. The molecule has 31 heavy (non-hydrogen) atoms. The van der Waals surface area contributed by atoms with Crippen molar-refractivity contribution in [2.24, 2.45) is 0 Å². The summed E-state index contributed by atoms with van der Waals surface area (Å²) in [6, 6.07) is 8.22. The van der Waals surface area contributed by atoms with E-state index in [1.165, 1.54) is 12.1 Å². The molecule has 0 bridgehead atoms. The number of hydrogen-bond donors (Lipinski definition) is 1. The molecule has 1 aliphatic rings. The van der Waals surface area contributed by atoms with Gasteiger partial charge in [-0.25, -0.2) is 9.69 Å². The zero-order valence-electron chi connectivity index (χ0n) is 15.7. The molecule has 2 aromatic carbocycles. The van der Waals surface area contributed by atoms with Crippen molar-refractivity contribution in [1.82, 2.24) is 0 Å². The van der Waals surface area contributed by atoms with Crippen molar-refractivity contribution in [2.75, 3.05) is 16.8 Å². The van der Waals surface area contributed by atoms with Crippen LogP contribution in [-0.4, -0.2) is 24.4 Å². The van der Waals surface area contributed by atoms with E-state index < -0.39 is 45.9 Å². The molecule has 0 aliphatic carbocycles.